The third kappa shape index (κ3) is 4.73. The monoisotopic (exact) mass is 444 g/mol. The molecule has 1 aromatic heterocycles. The average Bonchev–Trinajstić information content (AvgIpc) is 3.18. The zero-order valence-electron chi connectivity index (χ0n) is 17.5. The molecule has 3 aromatic carbocycles. The molecule has 6 nitrogen and oxygen atoms in total. The smallest absolute Gasteiger partial charge is 0.339 e. The summed E-state index contributed by atoms with van der Waals surface area (Å²) in [5.41, 5.74) is 3.73. The van der Waals surface area contributed by atoms with Crippen LogP contribution in [0.4, 0.5) is 5.13 Å². The largest absolute Gasteiger partial charge is 0.452 e. The number of ketones is 1. The van der Waals surface area contributed by atoms with Crippen molar-refractivity contribution in [3.8, 4) is 0 Å². The van der Waals surface area contributed by atoms with Crippen LogP contribution in [-0.2, 0) is 9.53 Å². The highest BCUT2D eigenvalue weighted by molar-refractivity contribution is 7.22. The number of thiazole rings is 1. The van der Waals surface area contributed by atoms with E-state index in [1.165, 1.54) is 17.4 Å². The van der Waals surface area contributed by atoms with Gasteiger partial charge in [0, 0.05) is 11.1 Å². The second-order valence-corrected chi connectivity index (χ2v) is 8.39. The molecule has 1 amide bonds. The van der Waals surface area contributed by atoms with Gasteiger partial charge < -0.3 is 4.74 Å². The van der Waals surface area contributed by atoms with E-state index in [0.29, 0.717) is 10.7 Å². The molecule has 1 heterocycles. The van der Waals surface area contributed by atoms with Gasteiger partial charge in [0.15, 0.2) is 17.5 Å². The minimum Gasteiger partial charge on any atom is -0.452 e. The number of nitrogens with zero attached hydrogens (tertiary/aromatic N) is 1. The number of fused-ring (bicyclic) bond motifs is 1. The van der Waals surface area contributed by atoms with E-state index in [2.05, 4.69) is 10.3 Å². The summed E-state index contributed by atoms with van der Waals surface area (Å²) in [5, 5.41) is 3.08. The van der Waals surface area contributed by atoms with Crippen LogP contribution in [0.1, 0.15) is 37.4 Å². The lowest BCUT2D eigenvalue weighted by molar-refractivity contribution is -0.119. The molecule has 32 heavy (non-hydrogen) atoms. The van der Waals surface area contributed by atoms with Gasteiger partial charge in [-0.3, -0.25) is 14.9 Å². The molecule has 0 bridgehead atoms. The molecule has 0 saturated carbocycles. The minimum absolute atomic E-state index is 0.112. The number of anilines is 1. The lowest BCUT2D eigenvalue weighted by atomic mass is 9.98. The van der Waals surface area contributed by atoms with Crippen molar-refractivity contribution < 1.29 is 19.1 Å². The molecule has 1 N–H and O–H groups in total. The maximum atomic E-state index is 12.9. The quantitative estimate of drug-likeness (QED) is 0.336. The van der Waals surface area contributed by atoms with Crippen molar-refractivity contribution in [3.63, 3.8) is 0 Å². The Balaban J connectivity index is 1.43. The molecule has 0 unspecified atom stereocenters. The predicted octanol–water partition coefficient (Wildman–Crippen LogP) is 4.94. The second-order valence-electron chi connectivity index (χ2n) is 7.36. The normalized spacial score (nSPS) is 10.7. The van der Waals surface area contributed by atoms with Crippen molar-refractivity contribution in [1.82, 2.24) is 4.98 Å². The number of aromatic nitrogens is 1. The van der Waals surface area contributed by atoms with Crippen LogP contribution >= 0.6 is 11.3 Å². The molecule has 0 aliphatic carbocycles. The minimum atomic E-state index is -0.740. The summed E-state index contributed by atoms with van der Waals surface area (Å²) in [5.74, 6) is -1.53. The number of nitrogens with one attached hydrogen (secondary N) is 1. The topological polar surface area (TPSA) is 85.4 Å². The Labute approximate surface area is 188 Å². The van der Waals surface area contributed by atoms with Gasteiger partial charge in [0.2, 0.25) is 0 Å². The van der Waals surface area contributed by atoms with Gasteiger partial charge in [0.25, 0.3) is 5.91 Å². The maximum absolute atomic E-state index is 12.9. The zero-order valence-corrected chi connectivity index (χ0v) is 18.4. The molecule has 0 radical (unpaired) electrons. The second kappa shape index (κ2) is 9.11. The third-order valence-corrected chi connectivity index (χ3v) is 5.76. The summed E-state index contributed by atoms with van der Waals surface area (Å²) >= 11 is 1.35. The molecular formula is C25H20N2O4S. The van der Waals surface area contributed by atoms with Gasteiger partial charge in [-0.15, -0.1) is 0 Å². The molecular weight excluding hydrogens is 424 g/mol. The van der Waals surface area contributed by atoms with E-state index in [9.17, 15) is 14.4 Å². The molecule has 0 spiro atoms. The number of carbonyl (C=O) groups is 3. The molecule has 0 aliphatic heterocycles. The van der Waals surface area contributed by atoms with Crippen LogP contribution in [0, 0.1) is 13.8 Å². The summed E-state index contributed by atoms with van der Waals surface area (Å²) in [6.45, 7) is 3.43. The molecule has 160 valence electrons. The number of aryl methyl sites for hydroxylation is 2. The van der Waals surface area contributed by atoms with Gasteiger partial charge in [0.1, 0.15) is 0 Å². The van der Waals surface area contributed by atoms with E-state index in [0.717, 1.165) is 21.3 Å². The molecule has 0 aliphatic rings. The first-order valence-electron chi connectivity index (χ1n) is 9.95. The fourth-order valence-corrected chi connectivity index (χ4v) is 4.15. The van der Waals surface area contributed by atoms with Gasteiger partial charge in [-0.05, 0) is 37.6 Å². The van der Waals surface area contributed by atoms with Gasteiger partial charge in [-0.2, -0.15) is 0 Å². The van der Waals surface area contributed by atoms with Crippen molar-refractivity contribution in [2.75, 3.05) is 11.9 Å². The van der Waals surface area contributed by atoms with Crippen molar-refractivity contribution >= 4 is 44.3 Å². The number of hydrogen-bond acceptors (Lipinski definition) is 6. The SMILES string of the molecule is Cc1ccc(C(=O)c2ccccc2C(=O)OCC(=O)Nc2nc3ccc(C)cc3s2)cc1. The van der Waals surface area contributed by atoms with Gasteiger partial charge in [0.05, 0.1) is 15.8 Å². The summed E-state index contributed by atoms with van der Waals surface area (Å²) in [7, 11) is 0. The Morgan fingerprint density at radius 1 is 0.906 bits per heavy atom. The van der Waals surface area contributed by atoms with Crippen LogP contribution in [0.5, 0.6) is 0 Å². The molecule has 0 saturated heterocycles. The molecule has 4 rings (SSSR count). The zero-order chi connectivity index (χ0) is 22.7. The predicted molar refractivity (Wildman–Crippen MR) is 124 cm³/mol. The van der Waals surface area contributed by atoms with Gasteiger partial charge in [-0.1, -0.05) is 65.4 Å². The van der Waals surface area contributed by atoms with Gasteiger partial charge in [-0.25, -0.2) is 9.78 Å². The number of benzene rings is 3. The third-order valence-electron chi connectivity index (χ3n) is 4.83. The highest BCUT2D eigenvalue weighted by Gasteiger charge is 2.20. The Morgan fingerprint density at radius 3 is 2.34 bits per heavy atom. The lowest BCUT2D eigenvalue weighted by Gasteiger charge is -2.09. The number of rotatable bonds is 6. The fourth-order valence-electron chi connectivity index (χ4n) is 3.17. The van der Waals surface area contributed by atoms with Crippen molar-refractivity contribution in [2.24, 2.45) is 0 Å². The first-order chi connectivity index (χ1) is 15.4. The maximum Gasteiger partial charge on any atom is 0.339 e. The molecule has 4 aromatic rings. The standard InChI is InChI=1S/C25H20N2O4S/c1-15-7-10-17(11-8-15)23(29)18-5-3-4-6-19(18)24(30)31-14-22(28)27-25-26-20-12-9-16(2)13-21(20)32-25/h3-13H,14H2,1-2H3,(H,26,27,28). The van der Waals surface area contributed by atoms with E-state index in [1.54, 1.807) is 30.3 Å². The van der Waals surface area contributed by atoms with Gasteiger partial charge >= 0.3 is 5.97 Å². The molecule has 0 fully saturated rings. The van der Waals surface area contributed by atoms with Crippen LogP contribution < -0.4 is 5.32 Å². The Kier molecular flexibility index (Phi) is 6.09. The van der Waals surface area contributed by atoms with E-state index in [-0.39, 0.29) is 16.9 Å². The summed E-state index contributed by atoms with van der Waals surface area (Å²) in [4.78, 5) is 42.1. The van der Waals surface area contributed by atoms with Crippen molar-refractivity contribution in [1.29, 1.82) is 0 Å². The highest BCUT2D eigenvalue weighted by Crippen LogP contribution is 2.26. The number of ether oxygens (including phenoxy) is 1. The van der Waals surface area contributed by atoms with Crippen LogP contribution in [-0.4, -0.2) is 29.3 Å². The summed E-state index contributed by atoms with van der Waals surface area (Å²) in [6.07, 6.45) is 0. The number of esters is 1. The highest BCUT2D eigenvalue weighted by atomic mass is 32.1. The van der Waals surface area contributed by atoms with E-state index in [1.807, 2.05) is 44.2 Å². The molecule has 0 atom stereocenters. The first-order valence-corrected chi connectivity index (χ1v) is 10.8. The summed E-state index contributed by atoms with van der Waals surface area (Å²) < 4.78 is 6.13. The average molecular weight is 445 g/mol. The van der Waals surface area contributed by atoms with E-state index >= 15 is 0 Å². The molecule has 7 heteroatoms. The first kappa shape index (κ1) is 21.4. The Bertz CT molecular complexity index is 1330. The van der Waals surface area contributed by atoms with Crippen LogP contribution in [0.25, 0.3) is 10.2 Å². The van der Waals surface area contributed by atoms with E-state index < -0.39 is 18.5 Å². The van der Waals surface area contributed by atoms with Crippen molar-refractivity contribution in [2.45, 2.75) is 13.8 Å². The number of amides is 1. The number of carbonyl (C=O) groups excluding carboxylic acids is 3. The van der Waals surface area contributed by atoms with Crippen molar-refractivity contribution in [3.05, 3.63) is 94.5 Å². The fraction of sp³-hybridized carbons (Fsp3) is 0.120. The van der Waals surface area contributed by atoms with Crippen LogP contribution in [0.15, 0.2) is 66.7 Å². The van der Waals surface area contributed by atoms with E-state index in [4.69, 9.17) is 4.74 Å². The number of hydrogen-bond donors (Lipinski definition) is 1. The Morgan fingerprint density at radius 2 is 1.59 bits per heavy atom. The lowest BCUT2D eigenvalue weighted by Crippen LogP contribution is -2.22. The van der Waals surface area contributed by atoms with Crippen LogP contribution in [0.2, 0.25) is 0 Å². The van der Waals surface area contributed by atoms with Crippen LogP contribution in [0.3, 0.4) is 0 Å². The summed E-state index contributed by atoms with van der Waals surface area (Å²) in [6, 6.07) is 19.3. The Hall–Kier alpha value is -3.84.